The topological polar surface area (TPSA) is 9.23 Å². The van der Waals surface area contributed by atoms with E-state index in [0.717, 1.165) is 24.2 Å². The molecule has 106 valence electrons. The lowest BCUT2D eigenvalue weighted by molar-refractivity contribution is 0.202. The Kier molecular flexibility index (Phi) is 5.91. The van der Waals surface area contributed by atoms with Gasteiger partial charge in [0, 0.05) is 17.2 Å². The zero-order valence-corrected chi connectivity index (χ0v) is 14.2. The minimum Gasteiger partial charge on any atom is -0.384 e. The molecule has 1 unspecified atom stereocenters. The van der Waals surface area contributed by atoms with Crippen LogP contribution in [0.15, 0.2) is 42.5 Å². The molecule has 0 aromatic heterocycles. The summed E-state index contributed by atoms with van der Waals surface area (Å²) in [5.74, 6) is 0. The van der Waals surface area contributed by atoms with E-state index in [1.165, 1.54) is 5.56 Å². The van der Waals surface area contributed by atoms with Crippen LogP contribution < -0.4 is 0 Å². The van der Waals surface area contributed by atoms with Crippen LogP contribution in [-0.4, -0.2) is 13.7 Å². The van der Waals surface area contributed by atoms with Crippen LogP contribution in [0.4, 0.5) is 0 Å². The number of benzene rings is 2. The summed E-state index contributed by atoms with van der Waals surface area (Å²) in [7, 11) is 1.71. The van der Waals surface area contributed by atoms with Gasteiger partial charge in [-0.3, -0.25) is 0 Å². The molecule has 0 N–H and O–H groups in total. The van der Waals surface area contributed by atoms with Gasteiger partial charge in [-0.1, -0.05) is 63.4 Å². The van der Waals surface area contributed by atoms with Gasteiger partial charge < -0.3 is 4.74 Å². The number of rotatable bonds is 5. The molecule has 20 heavy (non-hydrogen) atoms. The number of hydrogen-bond donors (Lipinski definition) is 0. The fraction of sp³-hybridized carbons (Fsp3) is 0.250. The Morgan fingerprint density at radius 1 is 1.10 bits per heavy atom. The van der Waals surface area contributed by atoms with Gasteiger partial charge in [-0.15, -0.1) is 0 Å². The molecule has 0 aliphatic heterocycles. The van der Waals surface area contributed by atoms with E-state index < -0.39 is 0 Å². The van der Waals surface area contributed by atoms with Gasteiger partial charge in [0.1, 0.15) is 0 Å². The normalized spacial score (nSPS) is 12.4. The van der Waals surface area contributed by atoms with E-state index in [1.807, 2.05) is 12.1 Å². The standard InChI is InChI=1S/C16H15BrCl2O/c1-20-9-8-11-2-4-12(5-3-11)16(17)14-10-13(18)6-7-15(14)19/h2-7,10,16H,8-9H2,1H3. The summed E-state index contributed by atoms with van der Waals surface area (Å²) in [6.07, 6.45) is 0.918. The highest BCUT2D eigenvalue weighted by Crippen LogP contribution is 2.36. The van der Waals surface area contributed by atoms with Gasteiger partial charge >= 0.3 is 0 Å². The van der Waals surface area contributed by atoms with E-state index in [1.54, 1.807) is 13.2 Å². The molecular formula is C16H15BrCl2O. The van der Waals surface area contributed by atoms with Gasteiger partial charge in [0.25, 0.3) is 0 Å². The Morgan fingerprint density at radius 2 is 1.80 bits per heavy atom. The summed E-state index contributed by atoms with van der Waals surface area (Å²) in [6, 6.07) is 13.9. The van der Waals surface area contributed by atoms with Gasteiger partial charge in [-0.25, -0.2) is 0 Å². The second kappa shape index (κ2) is 7.46. The average Bonchev–Trinajstić information content (AvgIpc) is 2.47. The van der Waals surface area contributed by atoms with E-state index in [-0.39, 0.29) is 4.83 Å². The van der Waals surface area contributed by atoms with Crippen molar-refractivity contribution >= 4 is 39.1 Å². The molecule has 0 saturated carbocycles. The van der Waals surface area contributed by atoms with E-state index in [9.17, 15) is 0 Å². The van der Waals surface area contributed by atoms with Gasteiger partial charge in [0.2, 0.25) is 0 Å². The van der Waals surface area contributed by atoms with Crippen LogP contribution in [0, 0.1) is 0 Å². The first-order chi connectivity index (χ1) is 9.61. The number of hydrogen-bond acceptors (Lipinski definition) is 1. The van der Waals surface area contributed by atoms with Crippen molar-refractivity contribution in [3.05, 3.63) is 69.2 Å². The van der Waals surface area contributed by atoms with E-state index in [0.29, 0.717) is 10.0 Å². The Balaban J connectivity index is 2.20. The van der Waals surface area contributed by atoms with Crippen molar-refractivity contribution in [2.45, 2.75) is 11.2 Å². The minimum absolute atomic E-state index is 0.0326. The fourth-order valence-electron chi connectivity index (χ4n) is 1.96. The Bertz CT molecular complexity index is 569. The van der Waals surface area contributed by atoms with Crippen LogP contribution in [0.25, 0.3) is 0 Å². The van der Waals surface area contributed by atoms with Crippen LogP contribution in [0.3, 0.4) is 0 Å². The molecule has 0 fully saturated rings. The van der Waals surface area contributed by atoms with Crippen molar-refractivity contribution in [3.8, 4) is 0 Å². The molecule has 0 bridgehead atoms. The predicted molar refractivity (Wildman–Crippen MR) is 89.3 cm³/mol. The first-order valence-electron chi connectivity index (χ1n) is 6.28. The molecule has 1 atom stereocenters. The van der Waals surface area contributed by atoms with Crippen molar-refractivity contribution in [2.24, 2.45) is 0 Å². The summed E-state index contributed by atoms with van der Waals surface area (Å²) in [4.78, 5) is 0.0326. The number of methoxy groups -OCH3 is 1. The zero-order valence-electron chi connectivity index (χ0n) is 11.1. The molecular weight excluding hydrogens is 359 g/mol. The third-order valence-corrected chi connectivity index (χ3v) is 4.70. The smallest absolute Gasteiger partial charge is 0.0659 e. The lowest BCUT2D eigenvalue weighted by Crippen LogP contribution is -1.97. The molecule has 2 aromatic carbocycles. The van der Waals surface area contributed by atoms with Crippen molar-refractivity contribution in [1.29, 1.82) is 0 Å². The Hall–Kier alpha value is -0.540. The Morgan fingerprint density at radius 3 is 2.45 bits per heavy atom. The van der Waals surface area contributed by atoms with Crippen molar-refractivity contribution < 1.29 is 4.74 Å². The van der Waals surface area contributed by atoms with Crippen molar-refractivity contribution in [2.75, 3.05) is 13.7 Å². The number of alkyl halides is 1. The zero-order chi connectivity index (χ0) is 14.5. The highest BCUT2D eigenvalue weighted by Gasteiger charge is 2.14. The maximum Gasteiger partial charge on any atom is 0.0659 e. The molecule has 4 heteroatoms. The van der Waals surface area contributed by atoms with Crippen LogP contribution in [0.5, 0.6) is 0 Å². The quantitative estimate of drug-likeness (QED) is 0.613. The number of ether oxygens (including phenoxy) is 1. The first-order valence-corrected chi connectivity index (χ1v) is 7.96. The first kappa shape index (κ1) is 15.8. The molecule has 0 aliphatic carbocycles. The fourth-order valence-corrected chi connectivity index (χ4v) is 3.18. The molecule has 2 aromatic rings. The second-order valence-corrected chi connectivity index (χ2v) is 6.27. The summed E-state index contributed by atoms with van der Waals surface area (Å²) < 4.78 is 5.08. The third-order valence-electron chi connectivity index (χ3n) is 3.10. The maximum absolute atomic E-state index is 6.24. The lowest BCUT2D eigenvalue weighted by Gasteiger charge is -2.13. The molecule has 2 rings (SSSR count). The maximum atomic E-state index is 6.24. The minimum atomic E-state index is 0.0326. The highest BCUT2D eigenvalue weighted by atomic mass is 79.9. The van der Waals surface area contributed by atoms with Gasteiger partial charge in [0.15, 0.2) is 0 Å². The molecule has 0 spiro atoms. The molecule has 0 aliphatic rings. The Labute approximate surface area is 138 Å². The molecule has 0 radical (unpaired) electrons. The van der Waals surface area contributed by atoms with Gasteiger partial charge in [0.05, 0.1) is 11.4 Å². The molecule has 1 nitrogen and oxygen atoms in total. The van der Waals surface area contributed by atoms with Crippen LogP contribution in [0.1, 0.15) is 21.5 Å². The van der Waals surface area contributed by atoms with E-state index in [4.69, 9.17) is 27.9 Å². The summed E-state index contributed by atoms with van der Waals surface area (Å²) in [6.45, 7) is 0.733. The van der Waals surface area contributed by atoms with Crippen LogP contribution >= 0.6 is 39.1 Å². The summed E-state index contributed by atoms with van der Waals surface area (Å²) in [5, 5.41) is 1.39. The average molecular weight is 374 g/mol. The third kappa shape index (κ3) is 3.98. The summed E-state index contributed by atoms with van der Waals surface area (Å²) >= 11 is 16.0. The largest absolute Gasteiger partial charge is 0.384 e. The van der Waals surface area contributed by atoms with Crippen molar-refractivity contribution in [3.63, 3.8) is 0 Å². The van der Waals surface area contributed by atoms with Gasteiger partial charge in [-0.05, 0) is 41.3 Å². The SMILES string of the molecule is COCCc1ccc(C(Br)c2cc(Cl)ccc2Cl)cc1. The molecule has 0 heterocycles. The van der Waals surface area contributed by atoms with Gasteiger partial charge in [-0.2, -0.15) is 0 Å². The second-order valence-electron chi connectivity index (χ2n) is 4.51. The van der Waals surface area contributed by atoms with Crippen LogP contribution in [0.2, 0.25) is 10.0 Å². The van der Waals surface area contributed by atoms with Crippen LogP contribution in [-0.2, 0) is 11.2 Å². The van der Waals surface area contributed by atoms with E-state index >= 15 is 0 Å². The highest BCUT2D eigenvalue weighted by molar-refractivity contribution is 9.09. The lowest BCUT2D eigenvalue weighted by atomic mass is 10.0. The monoisotopic (exact) mass is 372 g/mol. The molecule has 0 saturated heterocycles. The predicted octanol–water partition coefficient (Wildman–Crippen LogP) is 5.67. The summed E-state index contributed by atoms with van der Waals surface area (Å²) in [5.41, 5.74) is 3.38. The molecule has 0 amide bonds. The van der Waals surface area contributed by atoms with E-state index in [2.05, 4.69) is 40.2 Å². The van der Waals surface area contributed by atoms with Crippen molar-refractivity contribution in [1.82, 2.24) is 0 Å². The number of halogens is 3.